The lowest BCUT2D eigenvalue weighted by molar-refractivity contribution is -0.137. The largest absolute Gasteiger partial charge is 0.395 e. The highest BCUT2D eigenvalue weighted by Gasteiger charge is 2.31. The lowest BCUT2D eigenvalue weighted by Crippen LogP contribution is -2.46. The number of carbonyl (C=O) groups is 1. The Morgan fingerprint density at radius 2 is 2.22 bits per heavy atom. The van der Waals surface area contributed by atoms with E-state index in [1.165, 1.54) is 11.8 Å². The summed E-state index contributed by atoms with van der Waals surface area (Å²) in [6, 6.07) is 0.0279. The second-order valence-electron chi connectivity index (χ2n) is 6.08. The molecule has 0 spiro atoms. The third kappa shape index (κ3) is 3.61. The molecule has 23 heavy (non-hydrogen) atoms. The molecule has 7 heteroatoms. The maximum absolute atomic E-state index is 12.7. The maximum Gasteiger partial charge on any atom is 0.257 e. The number of aromatic nitrogens is 2. The van der Waals surface area contributed by atoms with Crippen molar-refractivity contribution in [2.75, 3.05) is 18.9 Å². The molecule has 1 N–H and O–H groups in total. The zero-order valence-corrected chi connectivity index (χ0v) is 15.0. The smallest absolute Gasteiger partial charge is 0.257 e. The van der Waals surface area contributed by atoms with Gasteiger partial charge in [-0.2, -0.15) is 0 Å². The van der Waals surface area contributed by atoms with E-state index in [2.05, 4.69) is 4.98 Å². The molecule has 0 aromatic carbocycles. The number of rotatable bonds is 5. The first kappa shape index (κ1) is 18.0. The van der Waals surface area contributed by atoms with E-state index in [1.54, 1.807) is 9.47 Å². The number of hydrogen-bond donors (Lipinski definition) is 1. The van der Waals surface area contributed by atoms with Crippen LogP contribution in [0.15, 0.2) is 9.95 Å². The van der Waals surface area contributed by atoms with Crippen LogP contribution in [0.25, 0.3) is 0 Å². The maximum atomic E-state index is 12.7. The number of aliphatic hydroxyl groups excluding tert-OH is 1. The highest BCUT2D eigenvalue weighted by Crippen LogP contribution is 2.27. The van der Waals surface area contributed by atoms with Crippen LogP contribution in [0, 0.1) is 12.8 Å². The monoisotopic (exact) mass is 339 g/mol. The minimum atomic E-state index is -0.256. The van der Waals surface area contributed by atoms with Crippen molar-refractivity contribution in [2.24, 2.45) is 5.92 Å². The molecule has 0 saturated carbocycles. The lowest BCUT2D eigenvalue weighted by atomic mass is 10.1. The summed E-state index contributed by atoms with van der Waals surface area (Å²) in [5.41, 5.74) is 1.47. The van der Waals surface area contributed by atoms with Gasteiger partial charge in [0.1, 0.15) is 0 Å². The molecule has 2 rings (SSSR count). The van der Waals surface area contributed by atoms with Gasteiger partial charge in [-0.1, -0.05) is 18.7 Å². The van der Waals surface area contributed by atoms with E-state index in [-0.39, 0.29) is 30.0 Å². The van der Waals surface area contributed by atoms with E-state index in [1.807, 2.05) is 27.7 Å². The summed E-state index contributed by atoms with van der Waals surface area (Å²) in [7, 11) is 0. The van der Waals surface area contributed by atoms with Crippen LogP contribution in [0.2, 0.25) is 0 Å². The van der Waals surface area contributed by atoms with Crippen LogP contribution in [-0.2, 0) is 17.8 Å². The Labute approximate surface area is 140 Å². The van der Waals surface area contributed by atoms with Gasteiger partial charge in [-0.3, -0.25) is 14.2 Å². The van der Waals surface area contributed by atoms with Crippen LogP contribution in [0.3, 0.4) is 0 Å². The molecule has 1 aliphatic rings. The summed E-state index contributed by atoms with van der Waals surface area (Å²) in [5.74, 6) is 0.358. The second kappa shape index (κ2) is 7.49. The molecule has 2 heterocycles. The van der Waals surface area contributed by atoms with Crippen molar-refractivity contribution in [2.45, 2.75) is 51.9 Å². The molecular formula is C16H25N3O3S. The van der Waals surface area contributed by atoms with Gasteiger partial charge in [0.25, 0.3) is 5.56 Å². The molecule has 0 fully saturated rings. The third-order valence-electron chi connectivity index (χ3n) is 4.20. The van der Waals surface area contributed by atoms with Gasteiger partial charge in [0.15, 0.2) is 5.16 Å². The molecule has 1 aromatic rings. The van der Waals surface area contributed by atoms with Gasteiger partial charge < -0.3 is 10.0 Å². The Kier molecular flexibility index (Phi) is 5.86. The van der Waals surface area contributed by atoms with Crippen LogP contribution < -0.4 is 5.56 Å². The summed E-state index contributed by atoms with van der Waals surface area (Å²) in [4.78, 5) is 31.5. The first-order valence-corrected chi connectivity index (χ1v) is 9.03. The van der Waals surface area contributed by atoms with Crippen molar-refractivity contribution in [3.8, 4) is 0 Å². The fraction of sp³-hybridized carbons (Fsp3) is 0.688. The Morgan fingerprint density at radius 3 is 2.78 bits per heavy atom. The number of fused-ring (bicyclic) bond motifs is 1. The van der Waals surface area contributed by atoms with Gasteiger partial charge >= 0.3 is 0 Å². The van der Waals surface area contributed by atoms with E-state index in [9.17, 15) is 9.59 Å². The van der Waals surface area contributed by atoms with Crippen molar-refractivity contribution >= 4 is 17.7 Å². The number of aryl methyl sites for hydroxylation is 1. The van der Waals surface area contributed by atoms with Crippen molar-refractivity contribution in [1.29, 1.82) is 0 Å². The van der Waals surface area contributed by atoms with Crippen molar-refractivity contribution in [1.82, 2.24) is 14.5 Å². The van der Waals surface area contributed by atoms with Gasteiger partial charge in [0, 0.05) is 36.1 Å². The minimum absolute atomic E-state index is 0.00211. The summed E-state index contributed by atoms with van der Waals surface area (Å²) >= 11 is 1.46. The highest BCUT2D eigenvalue weighted by molar-refractivity contribution is 7.99. The van der Waals surface area contributed by atoms with E-state index >= 15 is 0 Å². The van der Waals surface area contributed by atoms with Gasteiger partial charge in [0.05, 0.1) is 12.5 Å². The number of hydrogen-bond acceptors (Lipinski definition) is 5. The van der Waals surface area contributed by atoms with E-state index < -0.39 is 0 Å². The zero-order valence-electron chi connectivity index (χ0n) is 14.2. The van der Waals surface area contributed by atoms with Crippen molar-refractivity contribution in [3.63, 3.8) is 0 Å². The van der Waals surface area contributed by atoms with Gasteiger partial charge in [-0.05, 0) is 27.2 Å². The Morgan fingerprint density at radius 1 is 1.52 bits per heavy atom. The van der Waals surface area contributed by atoms with Crippen LogP contribution in [0.4, 0.5) is 0 Å². The van der Waals surface area contributed by atoms with Crippen molar-refractivity contribution in [3.05, 3.63) is 21.6 Å². The molecule has 128 valence electrons. The average molecular weight is 339 g/mol. The Hall–Kier alpha value is -1.34. The quantitative estimate of drug-likeness (QED) is 0.812. The fourth-order valence-corrected chi connectivity index (χ4v) is 4.03. The molecule has 0 bridgehead atoms. The normalized spacial score (nSPS) is 17.2. The molecule has 0 aliphatic carbocycles. The molecule has 1 aliphatic heterocycles. The zero-order chi connectivity index (χ0) is 17.1. The Balaban J connectivity index is 2.29. The molecule has 1 aromatic heterocycles. The molecule has 0 radical (unpaired) electrons. The summed E-state index contributed by atoms with van der Waals surface area (Å²) in [6.45, 7) is 8.31. The van der Waals surface area contributed by atoms with Crippen LogP contribution in [0.5, 0.6) is 0 Å². The average Bonchev–Trinajstić information content (AvgIpc) is 2.52. The van der Waals surface area contributed by atoms with E-state index in [0.29, 0.717) is 30.4 Å². The van der Waals surface area contributed by atoms with Crippen LogP contribution >= 0.6 is 11.8 Å². The second-order valence-corrected chi connectivity index (χ2v) is 7.07. The van der Waals surface area contributed by atoms with Crippen LogP contribution in [-0.4, -0.2) is 50.4 Å². The predicted octanol–water partition coefficient (Wildman–Crippen LogP) is 1.07. The molecule has 6 nitrogen and oxygen atoms in total. The fourth-order valence-electron chi connectivity index (χ4n) is 2.92. The summed E-state index contributed by atoms with van der Waals surface area (Å²) < 4.78 is 1.64. The van der Waals surface area contributed by atoms with Gasteiger partial charge in [-0.15, -0.1) is 0 Å². The SMILES string of the molecule is CCc1c(C)nc2n(c1=O)CC(C(=O)N(CCO)C(C)C)CS2. The first-order valence-electron chi connectivity index (χ1n) is 8.05. The number of aliphatic hydroxyl groups is 1. The Bertz CT molecular complexity index is 642. The summed E-state index contributed by atoms with van der Waals surface area (Å²) in [6.07, 6.45) is 0.643. The first-order chi connectivity index (χ1) is 10.9. The highest BCUT2D eigenvalue weighted by atomic mass is 32.2. The van der Waals surface area contributed by atoms with Gasteiger partial charge in [0.2, 0.25) is 5.91 Å². The molecule has 1 atom stereocenters. The van der Waals surface area contributed by atoms with E-state index in [0.717, 1.165) is 11.3 Å². The molecular weight excluding hydrogens is 314 g/mol. The number of carbonyl (C=O) groups excluding carboxylic acids is 1. The number of thioether (sulfide) groups is 1. The lowest BCUT2D eigenvalue weighted by Gasteiger charge is -2.32. The number of nitrogens with zero attached hydrogens (tertiary/aromatic N) is 3. The standard InChI is InChI=1S/C16H25N3O3S/c1-5-13-11(4)17-16-19(15(13)22)8-12(9-23-16)14(21)18(6-7-20)10(2)3/h10,12,20H,5-9H2,1-4H3. The van der Waals surface area contributed by atoms with Crippen LogP contribution in [0.1, 0.15) is 32.0 Å². The minimum Gasteiger partial charge on any atom is -0.395 e. The molecule has 1 amide bonds. The molecule has 1 unspecified atom stereocenters. The third-order valence-corrected chi connectivity index (χ3v) is 5.34. The van der Waals surface area contributed by atoms with Gasteiger partial charge in [-0.25, -0.2) is 4.98 Å². The number of amides is 1. The summed E-state index contributed by atoms with van der Waals surface area (Å²) in [5, 5.41) is 9.87. The van der Waals surface area contributed by atoms with E-state index in [4.69, 9.17) is 5.11 Å². The topological polar surface area (TPSA) is 75.4 Å². The molecule has 0 saturated heterocycles. The van der Waals surface area contributed by atoms with Crippen molar-refractivity contribution < 1.29 is 9.90 Å². The predicted molar refractivity (Wildman–Crippen MR) is 90.8 cm³/mol.